The summed E-state index contributed by atoms with van der Waals surface area (Å²) in [6, 6.07) is 7.91. The smallest absolute Gasteiger partial charge is 0.264 e. The zero-order chi connectivity index (χ0) is 27.9. The quantitative estimate of drug-likeness (QED) is 0.375. The molecular weight excluding hydrogens is 517 g/mol. The SMILES string of the molecule is Cc1cc(N[C@H]2CC[C@H](C(=O)N3CCC(O)(Cn4cnc5c(cnn5-c5ccc(F)cc5)c4=O)CC3)CC2)no1. The standard InChI is InChI=1S/C28H32FN7O4/c1-18-14-24(33-40-18)32-21-6-2-19(3-7-21)26(37)34-12-10-28(39,11-13-34)16-35-17-30-25-23(27(35)38)15-31-36(25)22-8-4-20(29)5-9-22/h4-5,8-9,14-15,17,19,21,39H,2-3,6-7,10-13,16H2,1H3,(H,32,33)/t19-,21-. The predicted molar refractivity (Wildman–Crippen MR) is 144 cm³/mol. The van der Waals surface area contributed by atoms with Gasteiger partial charge in [-0.3, -0.25) is 14.2 Å². The molecule has 4 aromatic rings. The summed E-state index contributed by atoms with van der Waals surface area (Å²) in [6.45, 7) is 2.82. The van der Waals surface area contributed by atoms with Crippen molar-refractivity contribution in [2.24, 2.45) is 5.92 Å². The minimum Gasteiger partial charge on any atom is -0.388 e. The summed E-state index contributed by atoms with van der Waals surface area (Å²) in [5.74, 6) is 1.26. The number of rotatable bonds is 6. The molecule has 6 rings (SSSR count). The van der Waals surface area contributed by atoms with Crippen molar-refractivity contribution in [1.29, 1.82) is 0 Å². The number of likely N-dealkylation sites (tertiary alicyclic amines) is 1. The van der Waals surface area contributed by atoms with E-state index in [1.54, 1.807) is 12.1 Å². The van der Waals surface area contributed by atoms with Crippen LogP contribution in [0.15, 0.2) is 52.2 Å². The number of aromatic nitrogens is 5. The fourth-order valence-corrected chi connectivity index (χ4v) is 5.84. The van der Waals surface area contributed by atoms with Gasteiger partial charge >= 0.3 is 0 Å². The highest BCUT2D eigenvalue weighted by Gasteiger charge is 2.37. The zero-order valence-corrected chi connectivity index (χ0v) is 22.3. The molecule has 210 valence electrons. The van der Waals surface area contributed by atoms with Crippen molar-refractivity contribution in [3.05, 3.63) is 64.8 Å². The molecule has 0 bridgehead atoms. The summed E-state index contributed by atoms with van der Waals surface area (Å²) in [4.78, 5) is 32.7. The first-order valence-electron chi connectivity index (χ1n) is 13.7. The number of anilines is 1. The van der Waals surface area contributed by atoms with Gasteiger partial charge in [0.15, 0.2) is 11.5 Å². The van der Waals surface area contributed by atoms with Crippen molar-refractivity contribution in [2.45, 2.75) is 63.6 Å². The third kappa shape index (κ3) is 5.23. The second-order valence-corrected chi connectivity index (χ2v) is 11.0. The van der Waals surface area contributed by atoms with E-state index in [4.69, 9.17) is 4.52 Å². The number of aliphatic hydroxyl groups is 1. The van der Waals surface area contributed by atoms with Gasteiger partial charge in [-0.15, -0.1) is 0 Å². The molecule has 1 amide bonds. The van der Waals surface area contributed by atoms with Gasteiger partial charge in [0.2, 0.25) is 5.91 Å². The van der Waals surface area contributed by atoms with E-state index in [2.05, 4.69) is 20.6 Å². The number of carbonyl (C=O) groups is 1. The van der Waals surface area contributed by atoms with Crippen LogP contribution in [0.5, 0.6) is 0 Å². The Hall–Kier alpha value is -4.06. The maximum atomic E-state index is 13.3. The molecule has 12 heteroatoms. The molecular formula is C28H32FN7O4. The van der Waals surface area contributed by atoms with E-state index >= 15 is 0 Å². The van der Waals surface area contributed by atoms with Crippen molar-refractivity contribution in [2.75, 3.05) is 18.4 Å². The zero-order valence-electron chi connectivity index (χ0n) is 22.3. The molecule has 0 spiro atoms. The topological polar surface area (TPSA) is 131 Å². The first kappa shape index (κ1) is 26.2. The number of piperidine rings is 1. The van der Waals surface area contributed by atoms with Gasteiger partial charge < -0.3 is 19.8 Å². The number of hydrogen-bond acceptors (Lipinski definition) is 8. The van der Waals surface area contributed by atoms with E-state index in [-0.39, 0.29) is 35.8 Å². The van der Waals surface area contributed by atoms with Crippen LogP contribution in [0.2, 0.25) is 0 Å². The first-order chi connectivity index (χ1) is 19.3. The Morgan fingerprint density at radius 1 is 1.18 bits per heavy atom. The minimum atomic E-state index is -1.12. The molecule has 3 aromatic heterocycles. The molecule has 0 radical (unpaired) electrons. The number of benzene rings is 1. The van der Waals surface area contributed by atoms with Crippen molar-refractivity contribution >= 4 is 22.8 Å². The summed E-state index contributed by atoms with van der Waals surface area (Å²) in [7, 11) is 0. The number of nitrogens with one attached hydrogen (secondary N) is 1. The Bertz CT molecular complexity index is 1560. The molecule has 1 saturated heterocycles. The highest BCUT2D eigenvalue weighted by atomic mass is 19.1. The van der Waals surface area contributed by atoms with Crippen LogP contribution in [-0.4, -0.2) is 65.1 Å². The van der Waals surface area contributed by atoms with Crippen LogP contribution in [0, 0.1) is 18.7 Å². The largest absolute Gasteiger partial charge is 0.388 e. The Labute approximate surface area is 229 Å². The van der Waals surface area contributed by atoms with Crippen LogP contribution in [0.1, 0.15) is 44.3 Å². The molecule has 4 heterocycles. The lowest BCUT2D eigenvalue weighted by Gasteiger charge is -2.40. The maximum Gasteiger partial charge on any atom is 0.264 e. The van der Waals surface area contributed by atoms with Crippen LogP contribution in [0.4, 0.5) is 10.2 Å². The van der Waals surface area contributed by atoms with E-state index in [1.165, 1.54) is 33.9 Å². The molecule has 2 fully saturated rings. The highest BCUT2D eigenvalue weighted by Crippen LogP contribution is 2.31. The molecule has 1 aromatic carbocycles. The number of amides is 1. The van der Waals surface area contributed by atoms with E-state index in [1.807, 2.05) is 17.9 Å². The number of carbonyl (C=O) groups excluding carboxylic acids is 1. The molecule has 2 N–H and O–H groups in total. The van der Waals surface area contributed by atoms with Gasteiger partial charge in [0.05, 0.1) is 24.0 Å². The van der Waals surface area contributed by atoms with Gasteiger partial charge in [-0.05, 0) is 69.7 Å². The minimum absolute atomic E-state index is 0.0184. The normalized spacial score (nSPS) is 21.0. The lowest BCUT2D eigenvalue weighted by molar-refractivity contribution is -0.141. The third-order valence-electron chi connectivity index (χ3n) is 8.15. The van der Waals surface area contributed by atoms with Crippen LogP contribution in [0.3, 0.4) is 0 Å². The summed E-state index contributed by atoms with van der Waals surface area (Å²) >= 11 is 0. The van der Waals surface area contributed by atoms with Crippen LogP contribution < -0.4 is 10.9 Å². The number of nitrogens with zero attached hydrogens (tertiary/aromatic N) is 6. The Kier molecular flexibility index (Phi) is 6.87. The lowest BCUT2D eigenvalue weighted by atomic mass is 9.84. The van der Waals surface area contributed by atoms with Gasteiger partial charge in [0.25, 0.3) is 5.56 Å². The molecule has 11 nitrogen and oxygen atoms in total. The van der Waals surface area contributed by atoms with Crippen molar-refractivity contribution in [1.82, 2.24) is 29.4 Å². The second-order valence-electron chi connectivity index (χ2n) is 11.0. The summed E-state index contributed by atoms with van der Waals surface area (Å²) < 4.78 is 21.3. The number of halogens is 1. The van der Waals surface area contributed by atoms with Crippen LogP contribution in [0.25, 0.3) is 16.7 Å². The molecule has 40 heavy (non-hydrogen) atoms. The monoisotopic (exact) mass is 549 g/mol. The fraction of sp³-hybridized carbons (Fsp3) is 0.464. The number of aryl methyl sites for hydroxylation is 1. The summed E-state index contributed by atoms with van der Waals surface area (Å²) in [6.07, 6.45) is 6.98. The van der Waals surface area contributed by atoms with Gasteiger partial charge in [0.1, 0.15) is 23.3 Å². The van der Waals surface area contributed by atoms with E-state index in [0.717, 1.165) is 37.3 Å². The molecule has 2 aliphatic rings. The van der Waals surface area contributed by atoms with E-state index < -0.39 is 5.60 Å². The average molecular weight is 550 g/mol. The predicted octanol–water partition coefficient (Wildman–Crippen LogP) is 3.04. The highest BCUT2D eigenvalue weighted by molar-refractivity contribution is 5.79. The number of fused-ring (bicyclic) bond motifs is 1. The lowest BCUT2D eigenvalue weighted by Crippen LogP contribution is -2.51. The van der Waals surface area contributed by atoms with E-state index in [9.17, 15) is 19.1 Å². The van der Waals surface area contributed by atoms with Gasteiger partial charge in [-0.1, -0.05) is 5.16 Å². The maximum absolute atomic E-state index is 13.3. The molecule has 1 aliphatic carbocycles. The summed E-state index contributed by atoms with van der Waals surface area (Å²) in [5.41, 5.74) is -0.482. The van der Waals surface area contributed by atoms with Crippen LogP contribution in [-0.2, 0) is 11.3 Å². The fourth-order valence-electron chi connectivity index (χ4n) is 5.84. The Morgan fingerprint density at radius 2 is 1.90 bits per heavy atom. The van der Waals surface area contributed by atoms with Crippen molar-refractivity contribution in [3.63, 3.8) is 0 Å². The van der Waals surface area contributed by atoms with Crippen molar-refractivity contribution in [3.8, 4) is 5.69 Å². The molecule has 0 unspecified atom stereocenters. The molecule has 0 atom stereocenters. The second kappa shape index (κ2) is 10.5. The molecule has 1 saturated carbocycles. The average Bonchev–Trinajstić information content (AvgIpc) is 3.57. The third-order valence-corrected chi connectivity index (χ3v) is 8.15. The van der Waals surface area contributed by atoms with Gasteiger partial charge in [0, 0.05) is 31.1 Å². The Balaban J connectivity index is 1.05. The van der Waals surface area contributed by atoms with Crippen LogP contribution >= 0.6 is 0 Å². The number of hydrogen-bond donors (Lipinski definition) is 2. The summed E-state index contributed by atoms with van der Waals surface area (Å²) in [5, 5.41) is 23.3. The first-order valence-corrected chi connectivity index (χ1v) is 13.7. The molecule has 1 aliphatic heterocycles. The van der Waals surface area contributed by atoms with Gasteiger partial charge in [-0.25, -0.2) is 14.1 Å². The van der Waals surface area contributed by atoms with Gasteiger partial charge in [-0.2, -0.15) is 5.10 Å². The van der Waals surface area contributed by atoms with Crippen molar-refractivity contribution < 1.29 is 18.8 Å². The van der Waals surface area contributed by atoms with E-state index in [0.29, 0.717) is 42.7 Å². The Morgan fingerprint density at radius 3 is 2.58 bits per heavy atom.